The maximum absolute atomic E-state index is 16.7. The monoisotopic (exact) mass is 682 g/mol. The van der Waals surface area contributed by atoms with Gasteiger partial charge in [0, 0.05) is 41.9 Å². The molecule has 2 aliphatic rings. The molecule has 0 bridgehead atoms. The van der Waals surface area contributed by atoms with Crippen LogP contribution in [0.5, 0.6) is 5.88 Å². The normalized spacial score (nSPS) is 18.0. The number of hydrogen-bond acceptors (Lipinski definition) is 11. The summed E-state index contributed by atoms with van der Waals surface area (Å²) in [5.74, 6) is -0.476. The van der Waals surface area contributed by atoms with Crippen molar-refractivity contribution in [3.8, 4) is 17.0 Å². The largest absolute Gasteiger partial charge is 0.474 e. The van der Waals surface area contributed by atoms with Gasteiger partial charge in [-0.3, -0.25) is 20.4 Å². The second-order valence-corrected chi connectivity index (χ2v) is 14.0. The van der Waals surface area contributed by atoms with Gasteiger partial charge in [-0.1, -0.05) is 6.92 Å². The molecule has 0 aliphatic carbocycles. The first-order valence-electron chi connectivity index (χ1n) is 16.1. The van der Waals surface area contributed by atoms with Crippen molar-refractivity contribution in [2.24, 2.45) is 0 Å². The van der Waals surface area contributed by atoms with Gasteiger partial charge in [0.2, 0.25) is 5.88 Å². The Labute approximate surface area is 283 Å². The van der Waals surface area contributed by atoms with E-state index in [9.17, 15) is 19.5 Å². The van der Waals surface area contributed by atoms with E-state index < -0.39 is 47.6 Å². The van der Waals surface area contributed by atoms with E-state index in [0.717, 1.165) is 0 Å². The molecule has 2 unspecified atom stereocenters. The Hall–Kier alpha value is -4.76. The summed E-state index contributed by atoms with van der Waals surface area (Å²) in [6.45, 7) is 13.0. The Kier molecular flexibility index (Phi) is 9.89. The molecule has 3 N–H and O–H groups in total. The minimum atomic E-state index is -0.886. The molecule has 15 heteroatoms. The highest BCUT2D eigenvalue weighted by Gasteiger charge is 2.34. The van der Waals surface area contributed by atoms with Crippen LogP contribution in [-0.4, -0.2) is 88.5 Å². The number of hydrogen-bond donors (Lipinski definition) is 3. The number of halogens is 1. The Morgan fingerprint density at radius 3 is 2.37 bits per heavy atom. The predicted octanol–water partition coefficient (Wildman–Crippen LogP) is 6.05. The van der Waals surface area contributed by atoms with Crippen LogP contribution < -0.4 is 20.3 Å². The van der Waals surface area contributed by atoms with Gasteiger partial charge in [-0.15, -0.1) is 0 Å². The average Bonchev–Trinajstić information content (AvgIpc) is 3.31. The van der Waals surface area contributed by atoms with E-state index in [4.69, 9.17) is 18.9 Å². The van der Waals surface area contributed by atoms with Gasteiger partial charge in [0.05, 0.1) is 12.2 Å². The summed E-state index contributed by atoms with van der Waals surface area (Å²) >= 11 is 0. The summed E-state index contributed by atoms with van der Waals surface area (Å²) < 4.78 is 39.1. The van der Waals surface area contributed by atoms with Gasteiger partial charge < -0.3 is 24.1 Å². The first-order valence-corrected chi connectivity index (χ1v) is 16.1. The third-order valence-electron chi connectivity index (χ3n) is 7.77. The minimum Gasteiger partial charge on any atom is -0.474 e. The molecule has 2 aliphatic heterocycles. The van der Waals surface area contributed by atoms with E-state index in [1.54, 1.807) is 59.6 Å². The van der Waals surface area contributed by atoms with Crippen LogP contribution in [0.1, 0.15) is 60.5 Å². The summed E-state index contributed by atoms with van der Waals surface area (Å²) in [7, 11) is 1.72. The molecule has 2 atom stereocenters. The molecular weight excluding hydrogens is 639 g/mol. The number of aliphatic hydroxyl groups excluding tert-OH is 1. The Balaban J connectivity index is 1.60. The van der Waals surface area contributed by atoms with Crippen molar-refractivity contribution in [2.75, 3.05) is 42.3 Å². The molecule has 0 spiro atoms. The van der Waals surface area contributed by atoms with Gasteiger partial charge >= 0.3 is 18.3 Å². The molecule has 4 heterocycles. The van der Waals surface area contributed by atoms with Gasteiger partial charge in [0.15, 0.2) is 5.82 Å². The molecule has 2 aromatic heterocycles. The number of rotatable bonds is 5. The van der Waals surface area contributed by atoms with Gasteiger partial charge in [0.25, 0.3) is 0 Å². The first-order chi connectivity index (χ1) is 22.9. The van der Waals surface area contributed by atoms with Crippen LogP contribution in [-0.2, 0) is 20.6 Å². The minimum absolute atomic E-state index is 0.0585. The Morgan fingerprint density at radius 1 is 1.02 bits per heavy atom. The predicted molar refractivity (Wildman–Crippen MR) is 180 cm³/mol. The number of carbonyl (C=O) groups is 3. The number of aromatic nitrogens is 2. The van der Waals surface area contributed by atoms with Crippen molar-refractivity contribution in [2.45, 2.75) is 84.8 Å². The topological polar surface area (TPSA) is 165 Å². The van der Waals surface area contributed by atoms with Crippen LogP contribution >= 0.6 is 0 Å². The third-order valence-corrected chi connectivity index (χ3v) is 7.77. The van der Waals surface area contributed by atoms with E-state index in [2.05, 4.69) is 20.6 Å². The molecule has 0 radical (unpaired) electrons. The molecule has 3 aromatic rings. The molecular formula is C34H43FN6O8. The third kappa shape index (κ3) is 8.11. The number of nitrogens with zero attached hydrogens (tertiary/aromatic N) is 4. The maximum Gasteiger partial charge on any atom is 0.415 e. The quantitative estimate of drug-likeness (QED) is 0.268. The second kappa shape index (κ2) is 13.6. The van der Waals surface area contributed by atoms with Crippen LogP contribution in [0.15, 0.2) is 24.5 Å². The summed E-state index contributed by atoms with van der Waals surface area (Å²) in [6, 6.07) is 3.07. The summed E-state index contributed by atoms with van der Waals surface area (Å²) in [5.41, 5.74) is -0.492. The number of nitrogens with one attached hydrogen (secondary N) is 2. The number of carbonyl (C=O) groups excluding carboxylic acids is 3. The molecule has 14 nitrogen and oxygen atoms in total. The zero-order valence-corrected chi connectivity index (χ0v) is 29.0. The number of fused-ring (bicyclic) bond motifs is 2. The fourth-order valence-corrected chi connectivity index (χ4v) is 5.70. The fraction of sp³-hybridized carbons (Fsp3) is 0.500. The van der Waals surface area contributed by atoms with E-state index in [1.807, 2.05) is 6.92 Å². The molecule has 1 aromatic carbocycles. The van der Waals surface area contributed by atoms with Crippen LogP contribution in [0.2, 0.25) is 0 Å². The van der Waals surface area contributed by atoms with Crippen LogP contribution in [0, 0.1) is 5.82 Å². The highest BCUT2D eigenvalue weighted by molar-refractivity contribution is 6.05. The second-order valence-electron chi connectivity index (χ2n) is 14.0. The van der Waals surface area contributed by atoms with Gasteiger partial charge in [-0.2, -0.15) is 0 Å². The lowest BCUT2D eigenvalue weighted by molar-refractivity contribution is 0.0556. The number of pyridine rings is 2. The molecule has 3 amide bonds. The molecule has 0 saturated carbocycles. The highest BCUT2D eigenvalue weighted by atomic mass is 19.1. The number of likely N-dealkylation sites (N-methyl/N-ethyl adjacent to an activating group) is 1. The molecule has 1 fully saturated rings. The number of aliphatic hydroxyl groups is 1. The number of ether oxygens (including phenoxy) is 4. The van der Waals surface area contributed by atoms with E-state index in [0.29, 0.717) is 35.2 Å². The van der Waals surface area contributed by atoms with Gasteiger partial charge in [-0.05, 0) is 78.1 Å². The van der Waals surface area contributed by atoms with E-state index in [-0.39, 0.29) is 47.9 Å². The van der Waals surface area contributed by atoms with Crippen molar-refractivity contribution in [1.82, 2.24) is 14.9 Å². The van der Waals surface area contributed by atoms with Crippen molar-refractivity contribution >= 4 is 46.2 Å². The zero-order chi connectivity index (χ0) is 35.8. The smallest absolute Gasteiger partial charge is 0.415 e. The maximum atomic E-state index is 16.7. The highest BCUT2D eigenvalue weighted by Crippen LogP contribution is 2.43. The zero-order valence-electron chi connectivity index (χ0n) is 29.0. The van der Waals surface area contributed by atoms with Crippen LogP contribution in [0.4, 0.5) is 36.0 Å². The molecule has 1 saturated heterocycles. The van der Waals surface area contributed by atoms with Crippen molar-refractivity contribution in [3.63, 3.8) is 0 Å². The van der Waals surface area contributed by atoms with Crippen molar-refractivity contribution in [3.05, 3.63) is 35.9 Å². The van der Waals surface area contributed by atoms with Crippen molar-refractivity contribution < 1.29 is 42.8 Å². The summed E-state index contributed by atoms with van der Waals surface area (Å²) in [5, 5.41) is 15.7. The summed E-state index contributed by atoms with van der Waals surface area (Å²) in [6.07, 6.45) is -0.0777. The lowest BCUT2D eigenvalue weighted by atomic mass is 9.94. The van der Waals surface area contributed by atoms with Crippen LogP contribution in [0.25, 0.3) is 21.9 Å². The standard InChI is InChI=1S/C34H43FN6O8/c1-9-20-23(16-37-29-28(20)41(10-11-46-29)32(45)49-34(5,6)7)21-12-18-13-24(38-30(43)47-19-14-25(42)40(8)17-19)36-15-22(18)27(26(21)35)39-31(44)48-33(2,3)4/h12-13,15-16,19,25,42H,9-11,14,17H2,1-8H3,(H,39,44)(H,36,38,43). The first kappa shape index (κ1) is 35.5. The Morgan fingerprint density at radius 2 is 1.73 bits per heavy atom. The molecule has 5 rings (SSSR count). The number of likely N-dealkylation sites (tertiary alicyclic amines) is 1. The van der Waals surface area contributed by atoms with E-state index >= 15 is 4.39 Å². The lowest BCUT2D eigenvalue weighted by Gasteiger charge is -2.33. The fourth-order valence-electron chi connectivity index (χ4n) is 5.70. The van der Waals surface area contributed by atoms with Gasteiger partial charge in [0.1, 0.15) is 41.6 Å². The summed E-state index contributed by atoms with van der Waals surface area (Å²) in [4.78, 5) is 50.8. The number of anilines is 3. The molecule has 264 valence electrons. The van der Waals surface area contributed by atoms with Crippen molar-refractivity contribution in [1.29, 1.82) is 0 Å². The number of amides is 3. The SMILES string of the molecule is CCc1c(-c2cc3cc(NC(=O)OC4CC(O)N(C)C4)ncc3c(NC(=O)OC(C)(C)C)c2F)cnc2c1N(C(=O)OC(C)(C)C)CCO2. The lowest BCUT2D eigenvalue weighted by Crippen LogP contribution is -2.42. The van der Waals surface area contributed by atoms with Gasteiger partial charge in [-0.25, -0.2) is 28.7 Å². The molecule has 49 heavy (non-hydrogen) atoms. The average molecular weight is 683 g/mol. The number of benzene rings is 1. The Bertz CT molecular complexity index is 1760. The van der Waals surface area contributed by atoms with E-state index in [1.165, 1.54) is 23.4 Å². The van der Waals surface area contributed by atoms with Crippen LogP contribution in [0.3, 0.4) is 0 Å².